The van der Waals surface area contributed by atoms with Crippen LogP contribution in [0.25, 0.3) is 0 Å². The number of hydrogen-bond acceptors (Lipinski definition) is 2. The third-order valence-corrected chi connectivity index (χ3v) is 3.91. The fraction of sp³-hybridized carbons (Fsp3) is 0.714. The average Bonchev–Trinajstić information content (AvgIpc) is 2.86. The Kier molecular flexibility index (Phi) is 4.50. The number of rotatable bonds is 4. The first kappa shape index (κ1) is 15.1. The molecular formula is C14H19F3N2O. The minimum absolute atomic E-state index is 0.0837. The third-order valence-electron chi connectivity index (χ3n) is 3.91. The Bertz CT molecular complexity index is 467. The molecule has 2 rings (SSSR count). The summed E-state index contributed by atoms with van der Waals surface area (Å²) >= 11 is 0. The summed E-state index contributed by atoms with van der Waals surface area (Å²) in [6.45, 7) is 2.58. The van der Waals surface area contributed by atoms with Gasteiger partial charge in [0, 0.05) is 18.7 Å². The minimum Gasteiger partial charge on any atom is -0.292 e. The van der Waals surface area contributed by atoms with E-state index in [0.717, 1.165) is 6.42 Å². The second-order valence-corrected chi connectivity index (χ2v) is 5.41. The molecule has 112 valence electrons. The molecular weight excluding hydrogens is 269 g/mol. The Morgan fingerprint density at radius 2 is 2.20 bits per heavy atom. The zero-order valence-corrected chi connectivity index (χ0v) is 11.5. The van der Waals surface area contributed by atoms with Gasteiger partial charge in [-0.1, -0.05) is 13.3 Å². The summed E-state index contributed by atoms with van der Waals surface area (Å²) in [6, 6.07) is 1.61. The van der Waals surface area contributed by atoms with E-state index in [0.29, 0.717) is 25.1 Å². The van der Waals surface area contributed by atoms with Gasteiger partial charge in [0.2, 0.25) is 0 Å². The average molecular weight is 288 g/mol. The summed E-state index contributed by atoms with van der Waals surface area (Å²) in [7, 11) is 0. The van der Waals surface area contributed by atoms with E-state index in [4.69, 9.17) is 0 Å². The van der Waals surface area contributed by atoms with Gasteiger partial charge in [-0.2, -0.15) is 18.3 Å². The van der Waals surface area contributed by atoms with Gasteiger partial charge in [-0.3, -0.25) is 9.48 Å². The lowest BCUT2D eigenvalue weighted by Crippen LogP contribution is -2.32. The molecule has 0 spiro atoms. The predicted molar refractivity (Wildman–Crippen MR) is 68.4 cm³/mol. The van der Waals surface area contributed by atoms with Crippen molar-refractivity contribution in [3.05, 3.63) is 18.0 Å². The maximum absolute atomic E-state index is 12.8. The van der Waals surface area contributed by atoms with Crippen molar-refractivity contribution in [1.82, 2.24) is 9.78 Å². The van der Waals surface area contributed by atoms with Gasteiger partial charge < -0.3 is 0 Å². The molecule has 0 aromatic carbocycles. The Hall–Kier alpha value is -1.33. The number of carbonyl (C=O) groups excluding carboxylic acids is 1. The molecule has 1 fully saturated rings. The zero-order valence-electron chi connectivity index (χ0n) is 11.5. The molecule has 6 heteroatoms. The van der Waals surface area contributed by atoms with Crippen LogP contribution in [-0.4, -0.2) is 21.7 Å². The standard InChI is InChI=1S/C14H19F3N2O/c1-2-8-19-12(6-7-18-19)13(20)10-4-3-5-11(9-10)14(15,16)17/h6-7,10-11H,2-5,8-9H2,1H3. The Morgan fingerprint density at radius 1 is 1.45 bits per heavy atom. The number of carbonyl (C=O) groups is 1. The summed E-state index contributed by atoms with van der Waals surface area (Å²) in [4.78, 5) is 12.4. The van der Waals surface area contributed by atoms with Gasteiger partial charge >= 0.3 is 6.18 Å². The van der Waals surface area contributed by atoms with E-state index in [1.165, 1.54) is 6.20 Å². The predicted octanol–water partition coefficient (Wildman–Crippen LogP) is 3.84. The summed E-state index contributed by atoms with van der Waals surface area (Å²) in [6.07, 6.45) is -0.764. The van der Waals surface area contributed by atoms with E-state index >= 15 is 0 Å². The van der Waals surface area contributed by atoms with E-state index in [1.807, 2.05) is 6.92 Å². The van der Waals surface area contributed by atoms with Gasteiger partial charge in [-0.25, -0.2) is 0 Å². The second kappa shape index (κ2) is 5.97. The highest BCUT2D eigenvalue weighted by Crippen LogP contribution is 2.40. The number of nitrogens with zero attached hydrogens (tertiary/aromatic N) is 2. The molecule has 0 bridgehead atoms. The van der Waals surface area contributed by atoms with Crippen molar-refractivity contribution < 1.29 is 18.0 Å². The molecule has 1 aromatic heterocycles. The largest absolute Gasteiger partial charge is 0.391 e. The van der Waals surface area contributed by atoms with E-state index < -0.39 is 18.0 Å². The molecule has 0 aliphatic heterocycles. The summed E-state index contributed by atoms with van der Waals surface area (Å²) < 4.78 is 40.0. The van der Waals surface area contributed by atoms with Gasteiger partial charge in [0.15, 0.2) is 5.78 Å². The topological polar surface area (TPSA) is 34.9 Å². The van der Waals surface area contributed by atoms with Crippen molar-refractivity contribution in [2.75, 3.05) is 0 Å². The van der Waals surface area contributed by atoms with Crippen molar-refractivity contribution in [3.8, 4) is 0 Å². The highest BCUT2D eigenvalue weighted by atomic mass is 19.4. The van der Waals surface area contributed by atoms with Crippen LogP contribution in [0.15, 0.2) is 12.3 Å². The SMILES string of the molecule is CCCn1nccc1C(=O)C1CCCC(C(F)(F)F)C1. The Morgan fingerprint density at radius 3 is 2.85 bits per heavy atom. The summed E-state index contributed by atoms with van der Waals surface area (Å²) in [5.41, 5.74) is 0.444. The van der Waals surface area contributed by atoms with Crippen molar-refractivity contribution in [2.45, 2.75) is 51.7 Å². The van der Waals surface area contributed by atoms with Crippen molar-refractivity contribution >= 4 is 5.78 Å². The van der Waals surface area contributed by atoms with Gasteiger partial charge in [0.1, 0.15) is 5.69 Å². The van der Waals surface area contributed by atoms with E-state index in [-0.39, 0.29) is 18.6 Å². The molecule has 1 aromatic rings. The second-order valence-electron chi connectivity index (χ2n) is 5.41. The van der Waals surface area contributed by atoms with Crippen LogP contribution < -0.4 is 0 Å². The fourth-order valence-electron chi connectivity index (χ4n) is 2.87. The van der Waals surface area contributed by atoms with Gasteiger partial charge in [-0.05, 0) is 31.7 Å². The van der Waals surface area contributed by atoms with Crippen LogP contribution >= 0.6 is 0 Å². The lowest BCUT2D eigenvalue weighted by atomic mass is 9.78. The monoisotopic (exact) mass is 288 g/mol. The van der Waals surface area contributed by atoms with Gasteiger partial charge in [0.05, 0.1) is 5.92 Å². The molecule has 20 heavy (non-hydrogen) atoms. The van der Waals surface area contributed by atoms with Crippen molar-refractivity contribution in [3.63, 3.8) is 0 Å². The molecule has 0 amide bonds. The number of halogens is 3. The molecule has 0 saturated heterocycles. The lowest BCUT2D eigenvalue weighted by molar-refractivity contribution is -0.184. The number of ketones is 1. The van der Waals surface area contributed by atoms with Crippen LogP contribution in [0, 0.1) is 11.8 Å². The third kappa shape index (κ3) is 3.22. The maximum Gasteiger partial charge on any atom is 0.391 e. The first-order chi connectivity index (χ1) is 9.43. The van der Waals surface area contributed by atoms with Gasteiger partial charge in [0.25, 0.3) is 0 Å². The van der Waals surface area contributed by atoms with Gasteiger partial charge in [-0.15, -0.1) is 0 Å². The summed E-state index contributed by atoms with van der Waals surface area (Å²) in [5, 5.41) is 4.06. The smallest absolute Gasteiger partial charge is 0.292 e. The number of aromatic nitrogens is 2. The lowest BCUT2D eigenvalue weighted by Gasteiger charge is -2.29. The van der Waals surface area contributed by atoms with E-state index in [9.17, 15) is 18.0 Å². The molecule has 1 aliphatic rings. The minimum atomic E-state index is -4.19. The highest BCUT2D eigenvalue weighted by Gasteiger charge is 2.43. The maximum atomic E-state index is 12.8. The first-order valence-electron chi connectivity index (χ1n) is 7.06. The quantitative estimate of drug-likeness (QED) is 0.789. The van der Waals surface area contributed by atoms with Crippen LogP contribution in [-0.2, 0) is 6.54 Å². The Balaban J connectivity index is 2.10. The van der Waals surface area contributed by atoms with Crippen LogP contribution in [0.3, 0.4) is 0 Å². The number of hydrogen-bond donors (Lipinski definition) is 0. The first-order valence-corrected chi connectivity index (χ1v) is 7.06. The number of Topliss-reactive ketones (excluding diaryl/α,β-unsaturated/α-hetero) is 1. The number of alkyl halides is 3. The molecule has 2 atom stereocenters. The van der Waals surface area contributed by atoms with Crippen LogP contribution in [0.5, 0.6) is 0 Å². The molecule has 2 unspecified atom stereocenters. The summed E-state index contributed by atoms with van der Waals surface area (Å²) in [5.74, 6) is -2.06. The Labute approximate surface area is 116 Å². The normalized spacial score (nSPS) is 23.8. The van der Waals surface area contributed by atoms with Crippen LogP contribution in [0.2, 0.25) is 0 Å². The molecule has 0 N–H and O–H groups in total. The van der Waals surface area contributed by atoms with Crippen LogP contribution in [0.1, 0.15) is 49.5 Å². The number of aryl methyl sites for hydroxylation is 1. The molecule has 3 nitrogen and oxygen atoms in total. The highest BCUT2D eigenvalue weighted by molar-refractivity contribution is 5.96. The van der Waals surface area contributed by atoms with Crippen LogP contribution in [0.4, 0.5) is 13.2 Å². The zero-order chi connectivity index (χ0) is 14.8. The molecule has 1 heterocycles. The van der Waals surface area contributed by atoms with E-state index in [2.05, 4.69) is 5.10 Å². The fourth-order valence-corrected chi connectivity index (χ4v) is 2.87. The van der Waals surface area contributed by atoms with Crippen molar-refractivity contribution in [1.29, 1.82) is 0 Å². The van der Waals surface area contributed by atoms with Crippen molar-refractivity contribution in [2.24, 2.45) is 11.8 Å². The van der Waals surface area contributed by atoms with E-state index in [1.54, 1.807) is 10.7 Å². The molecule has 1 saturated carbocycles. The molecule has 1 aliphatic carbocycles. The molecule has 0 radical (unpaired) electrons.